The van der Waals surface area contributed by atoms with E-state index in [9.17, 15) is 24.3 Å². The molecule has 0 unspecified atom stereocenters. The number of carboxylic acid groups (broad SMARTS) is 1. The Morgan fingerprint density at radius 3 is 2.56 bits per heavy atom. The number of thioether (sulfide) groups is 1. The molecule has 1 saturated heterocycles. The maximum atomic E-state index is 12.8. The number of amides is 2. The molecule has 2 amide bonds. The number of β-lactam (4-membered cyclic amide) rings is 1. The van der Waals surface area contributed by atoms with E-state index in [2.05, 4.69) is 10.5 Å². The Hall–Kier alpha value is -2.34. The summed E-state index contributed by atoms with van der Waals surface area (Å²) in [5.41, 5.74) is 0.442. The van der Waals surface area contributed by atoms with Gasteiger partial charge >= 0.3 is 35.5 Å². The van der Waals surface area contributed by atoms with Gasteiger partial charge in [-0.1, -0.05) is 35.5 Å². The van der Waals surface area contributed by atoms with Gasteiger partial charge in [0, 0.05) is 23.8 Å². The largest absolute Gasteiger partial charge is 1.00 e. The van der Waals surface area contributed by atoms with Gasteiger partial charge in [0.2, 0.25) is 0 Å². The van der Waals surface area contributed by atoms with Crippen LogP contribution in [-0.2, 0) is 28.8 Å². The summed E-state index contributed by atoms with van der Waals surface area (Å²) in [5, 5.41) is 17.5. The number of oxime groups is 1. The second kappa shape index (κ2) is 11.5. The molecule has 0 saturated carbocycles. The van der Waals surface area contributed by atoms with E-state index >= 15 is 0 Å². The number of hydrogen-bond donors (Lipinski definition) is 1. The number of ether oxygens (including phenoxy) is 1. The molecule has 1 N–H and O–H groups in total. The summed E-state index contributed by atoms with van der Waals surface area (Å²) < 4.78 is 4.88. The van der Waals surface area contributed by atoms with Crippen molar-refractivity contribution in [3.8, 4) is 0 Å². The number of carboxylic acids is 1. The Labute approximate surface area is 210 Å². The zero-order chi connectivity index (χ0) is 22.5. The van der Waals surface area contributed by atoms with Crippen molar-refractivity contribution in [1.82, 2.24) is 10.2 Å². The Kier molecular flexibility index (Phi) is 9.32. The van der Waals surface area contributed by atoms with Gasteiger partial charge in [0.05, 0.1) is 11.7 Å². The summed E-state index contributed by atoms with van der Waals surface area (Å²) in [5.74, 6) is -3.14. The van der Waals surface area contributed by atoms with E-state index in [0.717, 1.165) is 4.90 Å². The topological polar surface area (TPSA) is 137 Å². The van der Waals surface area contributed by atoms with Crippen LogP contribution in [0.5, 0.6) is 0 Å². The minimum atomic E-state index is -1.55. The van der Waals surface area contributed by atoms with Gasteiger partial charge in [-0.25, -0.2) is 0 Å². The van der Waals surface area contributed by atoms with E-state index in [-0.39, 0.29) is 65.5 Å². The van der Waals surface area contributed by atoms with Crippen molar-refractivity contribution in [2.24, 2.45) is 5.16 Å². The summed E-state index contributed by atoms with van der Waals surface area (Å²) in [4.78, 5) is 54.3. The molecule has 0 bridgehead atoms. The van der Waals surface area contributed by atoms with Crippen LogP contribution in [0, 0.1) is 0 Å². The first-order valence-corrected chi connectivity index (χ1v) is 10.5. The summed E-state index contributed by atoms with van der Waals surface area (Å²) in [6, 6.07) is 7.67. The second-order valence-corrected chi connectivity index (χ2v) is 7.71. The summed E-state index contributed by atoms with van der Waals surface area (Å²) in [6.45, 7) is 2.92. The molecule has 32 heavy (non-hydrogen) atoms. The number of hydrogen-bond acceptors (Lipinski definition) is 9. The number of aliphatic carboxylic acids is 1. The molecule has 1 aromatic carbocycles. The Morgan fingerprint density at radius 1 is 1.28 bits per heavy atom. The summed E-state index contributed by atoms with van der Waals surface area (Å²) >= 11 is 1.25. The third-order valence-corrected chi connectivity index (χ3v) is 5.86. The molecule has 0 aromatic heterocycles. The van der Waals surface area contributed by atoms with Crippen molar-refractivity contribution in [3.05, 3.63) is 47.2 Å². The first-order valence-electron chi connectivity index (χ1n) is 9.42. The van der Waals surface area contributed by atoms with E-state index in [0.29, 0.717) is 5.56 Å². The molecule has 2 aliphatic heterocycles. The van der Waals surface area contributed by atoms with Crippen LogP contribution in [-0.4, -0.2) is 64.7 Å². The quantitative estimate of drug-likeness (QED) is 0.136. The van der Waals surface area contributed by atoms with Crippen LogP contribution >= 0.6 is 11.8 Å². The molecular formula is C20H20N3NaO7S. The number of carbonyl (C=O) groups is 4. The maximum Gasteiger partial charge on any atom is 1.00 e. The van der Waals surface area contributed by atoms with E-state index in [1.165, 1.54) is 18.7 Å². The molecule has 3 rings (SSSR count). The molecule has 2 aliphatic rings. The monoisotopic (exact) mass is 469 g/mol. The average molecular weight is 469 g/mol. The van der Waals surface area contributed by atoms with Gasteiger partial charge in [0.25, 0.3) is 11.8 Å². The molecular weight excluding hydrogens is 449 g/mol. The first-order chi connectivity index (χ1) is 14.8. The first kappa shape index (κ1) is 25.9. The normalized spacial score (nSPS) is 19.9. The number of esters is 1. The van der Waals surface area contributed by atoms with Gasteiger partial charge in [-0.15, -0.1) is 11.8 Å². The van der Waals surface area contributed by atoms with Gasteiger partial charge in [0.1, 0.15) is 24.6 Å². The van der Waals surface area contributed by atoms with Crippen LogP contribution in [0.3, 0.4) is 0 Å². The second-order valence-electron chi connectivity index (χ2n) is 6.60. The van der Waals surface area contributed by atoms with Crippen molar-refractivity contribution in [3.63, 3.8) is 0 Å². The number of nitrogens with one attached hydrogen (secondary N) is 1. The third kappa shape index (κ3) is 5.52. The minimum Gasteiger partial charge on any atom is -0.543 e. The van der Waals surface area contributed by atoms with Gasteiger partial charge in [-0.2, -0.15) is 0 Å². The molecule has 1 fully saturated rings. The van der Waals surface area contributed by atoms with Crippen LogP contribution in [0.25, 0.3) is 0 Å². The molecule has 1 aromatic rings. The zero-order valence-corrected chi connectivity index (χ0v) is 20.6. The minimum absolute atomic E-state index is 0. The number of benzene rings is 1. The number of fused-ring (bicyclic) bond motifs is 1. The molecule has 2 atom stereocenters. The summed E-state index contributed by atoms with van der Waals surface area (Å²) in [7, 11) is 0. The van der Waals surface area contributed by atoms with Crippen LogP contribution < -0.4 is 40.0 Å². The predicted octanol–water partition coefficient (Wildman–Crippen LogP) is -3.60. The molecule has 10 nitrogen and oxygen atoms in total. The zero-order valence-electron chi connectivity index (χ0n) is 17.8. The van der Waals surface area contributed by atoms with Gasteiger partial charge < -0.3 is 24.8 Å². The smallest absolute Gasteiger partial charge is 0.543 e. The Balaban J connectivity index is 0.00000363. The third-order valence-electron chi connectivity index (χ3n) is 4.52. The molecule has 164 valence electrons. The molecule has 2 heterocycles. The van der Waals surface area contributed by atoms with E-state index < -0.39 is 35.2 Å². The van der Waals surface area contributed by atoms with Crippen molar-refractivity contribution >= 4 is 41.2 Å². The SMILES string of the molecule is CCON=C(C(=O)N[C@@H]1C(=O)N2C(C(=O)[O-])=C(COC(C)=O)CS[C@H]12)c1ccccc1.[Na+]. The Bertz CT molecular complexity index is 967. The van der Waals surface area contributed by atoms with Crippen molar-refractivity contribution in [1.29, 1.82) is 0 Å². The van der Waals surface area contributed by atoms with E-state index in [1.54, 1.807) is 37.3 Å². The fraction of sp³-hybridized carbons (Fsp3) is 0.350. The van der Waals surface area contributed by atoms with Gasteiger partial charge in [-0.05, 0) is 6.92 Å². The predicted molar refractivity (Wildman–Crippen MR) is 108 cm³/mol. The average Bonchev–Trinajstić information content (AvgIpc) is 2.76. The van der Waals surface area contributed by atoms with Crippen molar-refractivity contribution < 1.29 is 63.4 Å². The van der Waals surface area contributed by atoms with Crippen molar-refractivity contribution in [2.45, 2.75) is 25.3 Å². The van der Waals surface area contributed by atoms with E-state index in [4.69, 9.17) is 9.57 Å². The van der Waals surface area contributed by atoms with Crippen molar-refractivity contribution in [2.75, 3.05) is 19.0 Å². The Morgan fingerprint density at radius 2 is 1.97 bits per heavy atom. The maximum absolute atomic E-state index is 12.8. The summed E-state index contributed by atoms with van der Waals surface area (Å²) in [6.07, 6.45) is 0. The van der Waals surface area contributed by atoms with Gasteiger partial charge in [-0.3, -0.25) is 19.3 Å². The van der Waals surface area contributed by atoms with Crippen LogP contribution in [0.2, 0.25) is 0 Å². The van der Waals surface area contributed by atoms with Crippen LogP contribution in [0.1, 0.15) is 19.4 Å². The number of carbonyl (C=O) groups excluding carboxylic acids is 4. The fourth-order valence-corrected chi connectivity index (χ4v) is 4.46. The fourth-order valence-electron chi connectivity index (χ4n) is 3.13. The molecule has 0 radical (unpaired) electrons. The number of rotatable bonds is 8. The molecule has 0 aliphatic carbocycles. The van der Waals surface area contributed by atoms with Crippen LogP contribution in [0.4, 0.5) is 0 Å². The molecule has 0 spiro atoms. The van der Waals surface area contributed by atoms with Crippen LogP contribution in [0.15, 0.2) is 46.8 Å². The standard InChI is InChI=1S/C20H21N3O7S.Na/c1-3-30-22-14(12-7-5-4-6-8-12)17(25)21-15-18(26)23-16(20(27)28)13(9-29-11(2)24)10-31-19(15)23;/h4-8,15,19H,3,9-10H2,1-2H3,(H,21,25)(H,27,28);/q;+1/p-1/t15-,19-;/m1./s1. The van der Waals surface area contributed by atoms with E-state index in [1.807, 2.05) is 0 Å². The number of nitrogens with zero attached hydrogens (tertiary/aromatic N) is 2. The molecule has 12 heteroatoms. The van der Waals surface area contributed by atoms with Gasteiger partial charge in [0.15, 0.2) is 5.71 Å².